The predicted molar refractivity (Wildman–Crippen MR) is 78.9 cm³/mol. The molecule has 0 saturated heterocycles. The first-order valence-electron chi connectivity index (χ1n) is 6.99. The molecule has 0 aliphatic carbocycles. The average Bonchev–Trinajstić information content (AvgIpc) is 2.45. The highest BCUT2D eigenvalue weighted by Crippen LogP contribution is 2.15. The van der Waals surface area contributed by atoms with Crippen LogP contribution in [-0.4, -0.2) is 41.3 Å². The lowest BCUT2D eigenvalue weighted by molar-refractivity contribution is -0.142. The molecule has 2 atom stereocenters. The zero-order valence-corrected chi connectivity index (χ0v) is 12.9. The molecule has 1 N–H and O–H groups in total. The van der Waals surface area contributed by atoms with Crippen molar-refractivity contribution in [3.8, 4) is 0 Å². The maximum absolute atomic E-state index is 13.1. The molecular weight excluding hydrogens is 289 g/mol. The molecule has 2 unspecified atom stereocenters. The minimum Gasteiger partial charge on any atom is -0.481 e. The minimum atomic E-state index is -0.983. The number of amides is 1. The van der Waals surface area contributed by atoms with Crippen LogP contribution in [0.15, 0.2) is 24.3 Å². The lowest BCUT2D eigenvalue weighted by Gasteiger charge is -2.21. The number of hydrogen-bond donors (Lipinski definition) is 1. The number of aliphatic carboxylic acids is 1. The van der Waals surface area contributed by atoms with Crippen LogP contribution in [0.2, 0.25) is 0 Å². The number of benzene rings is 1. The van der Waals surface area contributed by atoms with E-state index in [1.54, 1.807) is 6.92 Å². The highest BCUT2D eigenvalue weighted by atomic mass is 19.1. The third-order valence-electron chi connectivity index (χ3n) is 3.43. The lowest BCUT2D eigenvalue weighted by Crippen LogP contribution is -2.35. The van der Waals surface area contributed by atoms with Crippen molar-refractivity contribution in [1.29, 1.82) is 0 Å². The van der Waals surface area contributed by atoms with E-state index in [2.05, 4.69) is 0 Å². The molecule has 1 aromatic carbocycles. The van der Waals surface area contributed by atoms with Crippen molar-refractivity contribution in [2.75, 3.05) is 13.6 Å². The SMILES string of the molecule is CC(CN(C)C(=O)CC(C)C(=O)c1cccc(F)c1)C(=O)O. The third kappa shape index (κ3) is 4.95. The first-order chi connectivity index (χ1) is 10.2. The number of halogens is 1. The summed E-state index contributed by atoms with van der Waals surface area (Å²) in [6, 6.07) is 5.33. The minimum absolute atomic E-state index is 0.0435. The van der Waals surface area contributed by atoms with Crippen molar-refractivity contribution >= 4 is 17.7 Å². The third-order valence-corrected chi connectivity index (χ3v) is 3.43. The van der Waals surface area contributed by atoms with Crippen LogP contribution in [0.5, 0.6) is 0 Å². The van der Waals surface area contributed by atoms with Gasteiger partial charge in [-0.15, -0.1) is 0 Å². The Balaban J connectivity index is 2.63. The summed E-state index contributed by atoms with van der Waals surface area (Å²) >= 11 is 0. The largest absolute Gasteiger partial charge is 0.481 e. The molecule has 0 bridgehead atoms. The van der Waals surface area contributed by atoms with Crippen LogP contribution in [0.1, 0.15) is 30.6 Å². The zero-order valence-electron chi connectivity index (χ0n) is 12.9. The molecule has 120 valence electrons. The van der Waals surface area contributed by atoms with Gasteiger partial charge < -0.3 is 10.0 Å². The Morgan fingerprint density at radius 3 is 2.41 bits per heavy atom. The fourth-order valence-corrected chi connectivity index (χ4v) is 2.03. The van der Waals surface area contributed by atoms with E-state index in [1.807, 2.05) is 0 Å². The Bertz CT molecular complexity index is 573. The van der Waals surface area contributed by atoms with E-state index in [0.29, 0.717) is 0 Å². The molecule has 0 aliphatic heterocycles. The Labute approximate surface area is 128 Å². The fourth-order valence-electron chi connectivity index (χ4n) is 2.03. The van der Waals surface area contributed by atoms with Gasteiger partial charge in [0, 0.05) is 31.5 Å². The van der Waals surface area contributed by atoms with E-state index >= 15 is 0 Å². The van der Waals surface area contributed by atoms with Crippen molar-refractivity contribution in [2.24, 2.45) is 11.8 Å². The van der Waals surface area contributed by atoms with Crippen LogP contribution >= 0.6 is 0 Å². The molecule has 1 aromatic rings. The lowest BCUT2D eigenvalue weighted by atomic mass is 9.95. The summed E-state index contributed by atoms with van der Waals surface area (Å²) in [4.78, 5) is 36.3. The van der Waals surface area contributed by atoms with Gasteiger partial charge in [0.2, 0.25) is 5.91 Å². The summed E-state index contributed by atoms with van der Waals surface area (Å²) in [6.07, 6.45) is -0.0435. The maximum atomic E-state index is 13.1. The summed E-state index contributed by atoms with van der Waals surface area (Å²) in [7, 11) is 1.50. The molecule has 0 heterocycles. The quantitative estimate of drug-likeness (QED) is 0.784. The van der Waals surface area contributed by atoms with Gasteiger partial charge >= 0.3 is 5.97 Å². The van der Waals surface area contributed by atoms with E-state index in [1.165, 1.54) is 37.1 Å². The number of ketones is 1. The summed E-state index contributed by atoms with van der Waals surface area (Å²) in [5.41, 5.74) is 0.224. The van der Waals surface area contributed by atoms with E-state index < -0.39 is 23.6 Å². The Morgan fingerprint density at radius 1 is 1.23 bits per heavy atom. The number of carboxylic acid groups (broad SMARTS) is 1. The standard InChI is InChI=1S/C16H20FNO4/c1-10(15(20)12-5-4-6-13(17)8-12)7-14(19)18(3)9-11(2)16(21)22/h4-6,8,10-11H,7,9H2,1-3H3,(H,21,22). The second-order valence-corrected chi connectivity index (χ2v) is 5.49. The number of carboxylic acids is 1. The van der Waals surface area contributed by atoms with Crippen LogP contribution in [0, 0.1) is 17.7 Å². The van der Waals surface area contributed by atoms with Gasteiger partial charge in [0.25, 0.3) is 0 Å². The van der Waals surface area contributed by atoms with Crippen molar-refractivity contribution in [3.05, 3.63) is 35.6 Å². The van der Waals surface area contributed by atoms with Crippen molar-refractivity contribution in [1.82, 2.24) is 4.90 Å². The predicted octanol–water partition coefficient (Wildman–Crippen LogP) is 2.21. The van der Waals surface area contributed by atoms with E-state index in [4.69, 9.17) is 5.11 Å². The second-order valence-electron chi connectivity index (χ2n) is 5.49. The summed E-state index contributed by atoms with van der Waals surface area (Å²) in [6.45, 7) is 3.18. The summed E-state index contributed by atoms with van der Waals surface area (Å²) in [5.74, 6) is -3.39. The van der Waals surface area contributed by atoms with Crippen LogP contribution < -0.4 is 0 Å². The van der Waals surface area contributed by atoms with Crippen LogP contribution in [0.3, 0.4) is 0 Å². The normalized spacial score (nSPS) is 13.3. The molecule has 0 saturated carbocycles. The van der Waals surface area contributed by atoms with Gasteiger partial charge in [-0.05, 0) is 12.1 Å². The Morgan fingerprint density at radius 2 is 1.86 bits per heavy atom. The molecule has 6 heteroatoms. The fraction of sp³-hybridized carbons (Fsp3) is 0.438. The van der Waals surface area contributed by atoms with Crippen molar-refractivity contribution in [2.45, 2.75) is 20.3 Å². The number of Topliss-reactive ketones (excluding diaryl/α,β-unsaturated/α-hetero) is 1. The highest BCUT2D eigenvalue weighted by molar-refractivity contribution is 5.99. The van der Waals surface area contributed by atoms with Gasteiger partial charge in [0.1, 0.15) is 5.82 Å². The van der Waals surface area contributed by atoms with Gasteiger partial charge in [-0.25, -0.2) is 4.39 Å². The van der Waals surface area contributed by atoms with Crippen LogP contribution in [0.4, 0.5) is 4.39 Å². The smallest absolute Gasteiger partial charge is 0.308 e. The molecule has 1 amide bonds. The topological polar surface area (TPSA) is 74.7 Å². The number of hydrogen-bond acceptors (Lipinski definition) is 3. The molecule has 5 nitrogen and oxygen atoms in total. The van der Waals surface area contributed by atoms with Gasteiger partial charge in [-0.3, -0.25) is 14.4 Å². The molecular formula is C16H20FNO4. The molecule has 0 radical (unpaired) electrons. The number of carbonyl (C=O) groups is 3. The molecule has 0 fully saturated rings. The second kappa shape index (κ2) is 7.68. The molecule has 0 spiro atoms. The van der Waals surface area contributed by atoms with Gasteiger partial charge in [-0.1, -0.05) is 26.0 Å². The molecule has 22 heavy (non-hydrogen) atoms. The van der Waals surface area contributed by atoms with E-state index in [0.717, 1.165) is 6.07 Å². The first-order valence-corrected chi connectivity index (χ1v) is 6.99. The van der Waals surface area contributed by atoms with Crippen molar-refractivity contribution in [3.63, 3.8) is 0 Å². The number of carbonyl (C=O) groups excluding carboxylic acids is 2. The van der Waals surface area contributed by atoms with Crippen LogP contribution in [-0.2, 0) is 9.59 Å². The van der Waals surface area contributed by atoms with Gasteiger partial charge in [0.05, 0.1) is 5.92 Å². The van der Waals surface area contributed by atoms with Gasteiger partial charge in [0.15, 0.2) is 5.78 Å². The molecule has 0 aliphatic rings. The number of rotatable bonds is 7. The Kier molecular flexibility index (Phi) is 6.22. The van der Waals surface area contributed by atoms with Gasteiger partial charge in [-0.2, -0.15) is 0 Å². The van der Waals surface area contributed by atoms with Crippen LogP contribution in [0.25, 0.3) is 0 Å². The first kappa shape index (κ1) is 17.8. The molecule has 1 rings (SSSR count). The highest BCUT2D eigenvalue weighted by Gasteiger charge is 2.23. The monoisotopic (exact) mass is 309 g/mol. The van der Waals surface area contributed by atoms with Crippen molar-refractivity contribution < 1.29 is 23.9 Å². The maximum Gasteiger partial charge on any atom is 0.308 e. The summed E-state index contributed by atoms with van der Waals surface area (Å²) in [5, 5.41) is 8.83. The average molecular weight is 309 g/mol. The Hall–Kier alpha value is -2.24. The van der Waals surface area contributed by atoms with E-state index in [-0.39, 0.29) is 30.2 Å². The number of nitrogens with zero attached hydrogens (tertiary/aromatic N) is 1. The zero-order chi connectivity index (χ0) is 16.9. The summed E-state index contributed by atoms with van der Waals surface area (Å²) < 4.78 is 13.1. The molecule has 0 aromatic heterocycles. The van der Waals surface area contributed by atoms with E-state index in [9.17, 15) is 18.8 Å².